The third kappa shape index (κ3) is 5.62. The molecule has 0 spiro atoms. The van der Waals surface area contributed by atoms with E-state index in [1.54, 1.807) is 29.2 Å². The second kappa shape index (κ2) is 9.28. The molecule has 0 bridgehead atoms. The van der Waals surface area contributed by atoms with E-state index in [1.165, 1.54) is 0 Å². The van der Waals surface area contributed by atoms with Crippen LogP contribution in [0.1, 0.15) is 22.3 Å². The summed E-state index contributed by atoms with van der Waals surface area (Å²) in [5.74, 6) is 0.439. The van der Waals surface area contributed by atoms with Gasteiger partial charge in [-0.3, -0.25) is 4.79 Å². The summed E-state index contributed by atoms with van der Waals surface area (Å²) in [5.41, 5.74) is 1.48. The highest BCUT2D eigenvalue weighted by Gasteiger charge is 2.20. The molecule has 2 aromatic rings. The maximum atomic E-state index is 12.3. The first-order chi connectivity index (χ1) is 13.1. The van der Waals surface area contributed by atoms with E-state index in [1.807, 2.05) is 24.3 Å². The Kier molecular flexibility index (Phi) is 6.54. The van der Waals surface area contributed by atoms with Crippen molar-refractivity contribution in [3.63, 3.8) is 0 Å². The van der Waals surface area contributed by atoms with Gasteiger partial charge >= 0.3 is 6.09 Å². The summed E-state index contributed by atoms with van der Waals surface area (Å²) in [4.78, 5) is 25.3. The highest BCUT2D eigenvalue weighted by atomic mass is 35.5. The van der Waals surface area contributed by atoms with Crippen molar-refractivity contribution in [2.75, 3.05) is 26.2 Å². The van der Waals surface area contributed by atoms with E-state index in [0.29, 0.717) is 55.6 Å². The van der Waals surface area contributed by atoms with Crippen LogP contribution < -0.4 is 10.1 Å². The van der Waals surface area contributed by atoms with Crippen molar-refractivity contribution in [1.82, 2.24) is 10.2 Å². The second-order valence-corrected chi connectivity index (χ2v) is 6.59. The molecule has 27 heavy (non-hydrogen) atoms. The molecular formula is C20H21ClN2O4. The summed E-state index contributed by atoms with van der Waals surface area (Å²) in [6.07, 6.45) is 0.386. The topological polar surface area (TPSA) is 67.9 Å². The zero-order valence-electron chi connectivity index (χ0n) is 14.8. The Balaban J connectivity index is 1.46. The van der Waals surface area contributed by atoms with Crippen LogP contribution in [-0.2, 0) is 11.3 Å². The van der Waals surface area contributed by atoms with Gasteiger partial charge in [0.05, 0.1) is 6.54 Å². The maximum absolute atomic E-state index is 12.3. The molecule has 1 N–H and O–H groups in total. The molecule has 0 aromatic heterocycles. The number of ether oxygens (including phenoxy) is 2. The molecule has 1 heterocycles. The predicted octanol–water partition coefficient (Wildman–Crippen LogP) is 3.49. The molecule has 7 heteroatoms. The van der Waals surface area contributed by atoms with Gasteiger partial charge in [-0.15, -0.1) is 0 Å². The Bertz CT molecular complexity index is 812. The van der Waals surface area contributed by atoms with Crippen LogP contribution >= 0.6 is 11.6 Å². The van der Waals surface area contributed by atoms with E-state index in [-0.39, 0.29) is 12.0 Å². The summed E-state index contributed by atoms with van der Waals surface area (Å²) in [6, 6.07) is 14.5. The molecule has 0 saturated carbocycles. The van der Waals surface area contributed by atoms with Gasteiger partial charge in [0, 0.05) is 23.7 Å². The molecule has 1 aliphatic rings. The number of halogens is 1. The fourth-order valence-electron chi connectivity index (χ4n) is 2.72. The van der Waals surface area contributed by atoms with E-state index >= 15 is 0 Å². The summed E-state index contributed by atoms with van der Waals surface area (Å²) < 4.78 is 10.6. The van der Waals surface area contributed by atoms with Crippen LogP contribution in [0, 0.1) is 0 Å². The van der Waals surface area contributed by atoms with Crippen molar-refractivity contribution in [2.24, 2.45) is 0 Å². The molecule has 0 radical (unpaired) electrons. The zero-order valence-corrected chi connectivity index (χ0v) is 15.6. The van der Waals surface area contributed by atoms with Crippen LogP contribution in [0.5, 0.6) is 5.75 Å². The second-order valence-electron chi connectivity index (χ2n) is 6.16. The van der Waals surface area contributed by atoms with Gasteiger partial charge in [-0.25, -0.2) is 4.79 Å². The molecule has 6 nitrogen and oxygen atoms in total. The smallest absolute Gasteiger partial charge is 0.409 e. The van der Waals surface area contributed by atoms with E-state index in [0.717, 1.165) is 5.56 Å². The largest absolute Gasteiger partial charge is 0.489 e. The Morgan fingerprint density at radius 2 is 2.07 bits per heavy atom. The van der Waals surface area contributed by atoms with Crippen molar-refractivity contribution in [3.05, 3.63) is 64.7 Å². The van der Waals surface area contributed by atoms with E-state index in [4.69, 9.17) is 21.1 Å². The number of nitrogens with zero attached hydrogens (tertiary/aromatic N) is 1. The molecule has 142 valence electrons. The number of hydrogen-bond acceptors (Lipinski definition) is 4. The van der Waals surface area contributed by atoms with Gasteiger partial charge < -0.3 is 19.7 Å². The van der Waals surface area contributed by atoms with Crippen molar-refractivity contribution < 1.29 is 19.1 Å². The normalized spacial score (nSPS) is 13.4. The first-order valence-corrected chi connectivity index (χ1v) is 9.17. The van der Waals surface area contributed by atoms with E-state index in [2.05, 4.69) is 5.32 Å². The van der Waals surface area contributed by atoms with Gasteiger partial charge in [-0.05, 0) is 42.3 Å². The van der Waals surface area contributed by atoms with Crippen molar-refractivity contribution in [2.45, 2.75) is 13.0 Å². The number of amides is 2. The average molecular weight is 389 g/mol. The first kappa shape index (κ1) is 19.0. The summed E-state index contributed by atoms with van der Waals surface area (Å²) in [6.45, 7) is 2.47. The van der Waals surface area contributed by atoms with Crippen molar-refractivity contribution in [3.8, 4) is 5.75 Å². The van der Waals surface area contributed by atoms with Crippen molar-refractivity contribution >= 4 is 23.6 Å². The van der Waals surface area contributed by atoms with Crippen LogP contribution in [0.2, 0.25) is 5.02 Å². The van der Waals surface area contributed by atoms with E-state index in [9.17, 15) is 9.59 Å². The summed E-state index contributed by atoms with van der Waals surface area (Å²) in [7, 11) is 0. The van der Waals surface area contributed by atoms with Crippen LogP contribution in [0.25, 0.3) is 0 Å². The maximum Gasteiger partial charge on any atom is 0.409 e. The minimum atomic E-state index is -0.286. The Hall–Kier alpha value is -2.73. The van der Waals surface area contributed by atoms with Gasteiger partial charge in [0.1, 0.15) is 19.0 Å². The molecule has 0 aliphatic carbocycles. The monoisotopic (exact) mass is 388 g/mol. The number of carbonyl (C=O) groups is 2. The Morgan fingerprint density at radius 1 is 1.22 bits per heavy atom. The van der Waals surface area contributed by atoms with Gasteiger partial charge in [-0.2, -0.15) is 0 Å². The number of rotatable bonds is 8. The fourth-order valence-corrected chi connectivity index (χ4v) is 2.94. The Morgan fingerprint density at radius 3 is 2.85 bits per heavy atom. The number of carbonyl (C=O) groups excluding carboxylic acids is 2. The third-order valence-electron chi connectivity index (χ3n) is 4.13. The lowest BCUT2D eigenvalue weighted by molar-refractivity contribution is 0.0952. The standard InChI is InChI=1S/C20H21ClN2O4/c21-17-6-1-4-15(12-17)14-27-18-7-2-5-16(13-18)19(24)22-8-3-9-23-10-11-26-20(23)25/h1-2,4-7,12-13H,3,8-11,14H2,(H,22,24). The van der Waals surface area contributed by atoms with Crippen LogP contribution in [0.4, 0.5) is 4.79 Å². The predicted molar refractivity (Wildman–Crippen MR) is 102 cm³/mol. The molecule has 2 aromatic carbocycles. The lowest BCUT2D eigenvalue weighted by Crippen LogP contribution is -2.30. The zero-order chi connectivity index (χ0) is 19.1. The first-order valence-electron chi connectivity index (χ1n) is 8.79. The third-order valence-corrected chi connectivity index (χ3v) is 4.36. The number of hydrogen-bond donors (Lipinski definition) is 1. The minimum Gasteiger partial charge on any atom is -0.489 e. The van der Waals surface area contributed by atoms with Crippen LogP contribution in [0.3, 0.4) is 0 Å². The molecule has 1 aliphatic heterocycles. The van der Waals surface area contributed by atoms with Crippen LogP contribution in [-0.4, -0.2) is 43.1 Å². The van der Waals surface area contributed by atoms with Gasteiger partial charge in [0.2, 0.25) is 0 Å². The molecule has 0 atom stereocenters. The molecule has 3 rings (SSSR count). The van der Waals surface area contributed by atoms with Gasteiger partial charge in [-0.1, -0.05) is 29.8 Å². The van der Waals surface area contributed by atoms with Crippen LogP contribution in [0.15, 0.2) is 48.5 Å². The highest BCUT2D eigenvalue weighted by Crippen LogP contribution is 2.17. The molecule has 1 saturated heterocycles. The lowest BCUT2D eigenvalue weighted by atomic mass is 10.2. The van der Waals surface area contributed by atoms with Crippen molar-refractivity contribution in [1.29, 1.82) is 0 Å². The van der Waals surface area contributed by atoms with E-state index < -0.39 is 0 Å². The Labute approximate surface area is 163 Å². The summed E-state index contributed by atoms with van der Waals surface area (Å²) >= 11 is 5.97. The SMILES string of the molecule is O=C(NCCCN1CCOC1=O)c1cccc(OCc2cccc(Cl)c2)c1. The molecule has 2 amide bonds. The number of benzene rings is 2. The fraction of sp³-hybridized carbons (Fsp3) is 0.300. The van der Waals surface area contributed by atoms with Gasteiger partial charge in [0.25, 0.3) is 5.91 Å². The highest BCUT2D eigenvalue weighted by molar-refractivity contribution is 6.30. The lowest BCUT2D eigenvalue weighted by Gasteiger charge is -2.12. The van der Waals surface area contributed by atoms with Gasteiger partial charge in [0.15, 0.2) is 0 Å². The molecule has 1 fully saturated rings. The number of nitrogens with one attached hydrogen (secondary N) is 1. The quantitative estimate of drug-likeness (QED) is 0.703. The molecular weight excluding hydrogens is 368 g/mol. The molecule has 0 unspecified atom stereocenters. The number of cyclic esters (lactones) is 1. The minimum absolute atomic E-state index is 0.174. The average Bonchev–Trinajstić information content (AvgIpc) is 3.08. The summed E-state index contributed by atoms with van der Waals surface area (Å²) in [5, 5.41) is 3.51.